The van der Waals surface area contributed by atoms with E-state index in [9.17, 15) is 14.4 Å². The van der Waals surface area contributed by atoms with Gasteiger partial charge >= 0.3 is 12.1 Å². The molecular weight excluding hydrogens is 811 g/mol. The first-order chi connectivity index (χ1) is 29.4. The second kappa shape index (κ2) is 22.1. The summed E-state index contributed by atoms with van der Waals surface area (Å²) in [4.78, 5) is 42.1. The molecule has 0 radical (unpaired) electrons. The van der Waals surface area contributed by atoms with E-state index in [0.717, 1.165) is 52.9 Å². The Hall–Kier alpha value is -5.14. The molecule has 5 aromatic rings. The van der Waals surface area contributed by atoms with Gasteiger partial charge in [-0.2, -0.15) is 5.10 Å². The number of hydrogen-bond acceptors (Lipinski definition) is 7. The number of carbonyl (C=O) groups is 3. The molecule has 0 aliphatic carbocycles. The van der Waals surface area contributed by atoms with Gasteiger partial charge in [-0.15, -0.1) is 0 Å². The normalized spacial score (nSPS) is 14.0. The largest absolute Gasteiger partial charge is 0.444 e. The Bertz CT molecular complexity index is 2190. The molecule has 6 rings (SSSR count). The first-order valence-electron chi connectivity index (χ1n) is 21.2. The number of ether oxygens (including phenoxy) is 1. The SMILES string of the molecule is CC(C)(C)OC(=O)NCCCC[C@H](N[C@H](CNC(=O)Nc1ccc2c(CN3CCCC3)nn(Cc3c(Cl)cccc3Cl)c2c1)Cc1ccccc1)C(=O)NCc1ccccc1. The van der Waals surface area contributed by atoms with Gasteiger partial charge in [0.2, 0.25) is 5.91 Å². The summed E-state index contributed by atoms with van der Waals surface area (Å²) in [6.45, 7) is 9.70. The van der Waals surface area contributed by atoms with E-state index in [1.165, 1.54) is 12.8 Å². The molecule has 1 aliphatic rings. The Labute approximate surface area is 369 Å². The van der Waals surface area contributed by atoms with Crippen LogP contribution in [0.4, 0.5) is 15.3 Å². The molecule has 0 bridgehead atoms. The van der Waals surface area contributed by atoms with Gasteiger partial charge in [0.15, 0.2) is 0 Å². The van der Waals surface area contributed by atoms with Crippen molar-refractivity contribution >= 4 is 57.8 Å². The zero-order chi connectivity index (χ0) is 43.2. The van der Waals surface area contributed by atoms with Crippen LogP contribution in [0.1, 0.15) is 75.3 Å². The number of hydrogen-bond donors (Lipinski definition) is 5. The van der Waals surface area contributed by atoms with Gasteiger partial charge in [-0.3, -0.25) is 14.4 Å². The van der Waals surface area contributed by atoms with Gasteiger partial charge in [0.25, 0.3) is 0 Å². The first kappa shape index (κ1) is 45.4. The van der Waals surface area contributed by atoms with Crippen LogP contribution < -0.4 is 26.6 Å². The fourth-order valence-electron chi connectivity index (χ4n) is 7.48. The average Bonchev–Trinajstić information content (AvgIpc) is 3.87. The third kappa shape index (κ3) is 14.2. The molecule has 1 saturated heterocycles. The topological polar surface area (TPSA) is 142 Å². The number of halogens is 2. The molecule has 1 aromatic heterocycles. The van der Waals surface area contributed by atoms with E-state index in [1.807, 2.05) is 123 Å². The maximum Gasteiger partial charge on any atom is 0.407 e. The lowest BCUT2D eigenvalue weighted by Crippen LogP contribution is -2.52. The monoisotopic (exact) mass is 868 g/mol. The van der Waals surface area contributed by atoms with E-state index in [2.05, 4.69) is 31.5 Å². The molecule has 4 aromatic carbocycles. The van der Waals surface area contributed by atoms with Crippen LogP contribution in [-0.4, -0.2) is 76.6 Å². The second-order valence-corrected chi connectivity index (χ2v) is 17.4. The van der Waals surface area contributed by atoms with E-state index >= 15 is 0 Å². The van der Waals surface area contributed by atoms with Gasteiger partial charge in [-0.1, -0.05) is 89.9 Å². The maximum absolute atomic E-state index is 13.8. The highest BCUT2D eigenvalue weighted by molar-refractivity contribution is 6.36. The van der Waals surface area contributed by atoms with Gasteiger partial charge < -0.3 is 31.3 Å². The quantitative estimate of drug-likeness (QED) is 0.0523. The van der Waals surface area contributed by atoms with Crippen LogP contribution >= 0.6 is 23.2 Å². The Kier molecular flexibility index (Phi) is 16.4. The average molecular weight is 870 g/mol. The first-order valence-corrected chi connectivity index (χ1v) is 21.9. The number of benzene rings is 4. The lowest BCUT2D eigenvalue weighted by molar-refractivity contribution is -0.123. The summed E-state index contributed by atoms with van der Waals surface area (Å²) < 4.78 is 7.28. The van der Waals surface area contributed by atoms with Crippen molar-refractivity contribution in [2.24, 2.45) is 0 Å². The van der Waals surface area contributed by atoms with E-state index in [1.54, 1.807) is 0 Å². The molecule has 2 heterocycles. The summed E-state index contributed by atoms with van der Waals surface area (Å²) in [7, 11) is 0. The highest BCUT2D eigenvalue weighted by Gasteiger charge is 2.24. The minimum Gasteiger partial charge on any atom is -0.444 e. The van der Waals surface area contributed by atoms with E-state index in [4.69, 9.17) is 33.0 Å². The van der Waals surface area contributed by atoms with Crippen LogP contribution in [0.5, 0.6) is 0 Å². The number of rotatable bonds is 19. The van der Waals surface area contributed by atoms with Gasteiger partial charge in [0, 0.05) is 58.9 Å². The summed E-state index contributed by atoms with van der Waals surface area (Å²) in [6.07, 6.45) is 4.29. The summed E-state index contributed by atoms with van der Waals surface area (Å²) in [6, 6.07) is 29.8. The number of nitrogens with one attached hydrogen (secondary N) is 5. The smallest absolute Gasteiger partial charge is 0.407 e. The molecule has 1 fully saturated rings. The van der Waals surface area contributed by atoms with Crippen LogP contribution in [0.15, 0.2) is 97.1 Å². The van der Waals surface area contributed by atoms with Crippen LogP contribution in [0.25, 0.3) is 10.9 Å². The summed E-state index contributed by atoms with van der Waals surface area (Å²) >= 11 is 13.2. The number of aromatic nitrogens is 2. The minimum absolute atomic E-state index is 0.140. The van der Waals surface area contributed by atoms with Gasteiger partial charge in [0.1, 0.15) is 5.60 Å². The number of amides is 4. The zero-order valence-electron chi connectivity index (χ0n) is 35.3. The summed E-state index contributed by atoms with van der Waals surface area (Å²) in [5.41, 5.74) is 4.68. The molecule has 12 nitrogen and oxygen atoms in total. The third-order valence-corrected chi connectivity index (χ3v) is 11.2. The second-order valence-electron chi connectivity index (χ2n) is 16.6. The number of alkyl carbamates (subject to hydrolysis) is 1. The number of carbonyl (C=O) groups excluding carboxylic acids is 3. The Morgan fingerprint density at radius 1 is 0.803 bits per heavy atom. The standard InChI is InChI=1S/C47H58Cl2N8O4/c1-47(2,3)61-46(60)50-24-11-10-21-41(44(58)51-29-34-17-8-5-9-18-34)53-36(27-33-15-6-4-7-16-33)30-52-45(59)54-35-22-23-37-42(32-56-25-12-13-26-56)55-57(43(37)28-35)31-38-39(48)19-14-20-40(38)49/h4-9,14-20,22-23,28,36,41,53H,10-13,21,24-27,29-32H2,1-3H3,(H,50,60)(H,51,58)(H2,52,54,59)/t36-,41-/m0/s1. The summed E-state index contributed by atoms with van der Waals surface area (Å²) in [5, 5.41) is 22.7. The van der Waals surface area contributed by atoms with Crippen molar-refractivity contribution in [2.45, 2.75) is 96.6 Å². The maximum atomic E-state index is 13.8. The van der Waals surface area contributed by atoms with Gasteiger partial charge in [0.05, 0.1) is 23.8 Å². The number of anilines is 1. The van der Waals surface area contributed by atoms with Crippen molar-refractivity contribution in [3.63, 3.8) is 0 Å². The molecule has 4 amide bonds. The minimum atomic E-state index is -0.587. The molecule has 0 unspecified atom stereocenters. The Morgan fingerprint density at radius 2 is 1.49 bits per heavy atom. The number of unbranched alkanes of at least 4 members (excludes halogenated alkanes) is 1. The van der Waals surface area contributed by atoms with Crippen molar-refractivity contribution in [3.8, 4) is 0 Å². The van der Waals surface area contributed by atoms with Crippen LogP contribution in [0.3, 0.4) is 0 Å². The van der Waals surface area contributed by atoms with Crippen LogP contribution in [-0.2, 0) is 35.6 Å². The highest BCUT2D eigenvalue weighted by atomic mass is 35.5. The predicted molar refractivity (Wildman–Crippen MR) is 244 cm³/mol. The Balaban J connectivity index is 1.15. The molecule has 0 spiro atoms. The number of urea groups is 1. The van der Waals surface area contributed by atoms with Crippen LogP contribution in [0, 0.1) is 0 Å². The van der Waals surface area contributed by atoms with Crippen molar-refractivity contribution < 1.29 is 19.1 Å². The Morgan fingerprint density at radius 3 is 2.18 bits per heavy atom. The van der Waals surface area contributed by atoms with Gasteiger partial charge in [-0.25, -0.2) is 9.59 Å². The molecular formula is C47H58Cl2N8O4. The molecule has 61 heavy (non-hydrogen) atoms. The fraction of sp³-hybridized carbons (Fsp3) is 0.404. The lowest BCUT2D eigenvalue weighted by Gasteiger charge is -2.26. The lowest BCUT2D eigenvalue weighted by atomic mass is 10.0. The third-order valence-electron chi connectivity index (χ3n) is 10.5. The van der Waals surface area contributed by atoms with E-state index in [0.29, 0.717) is 61.1 Å². The van der Waals surface area contributed by atoms with Crippen molar-refractivity contribution in [3.05, 3.63) is 129 Å². The highest BCUT2D eigenvalue weighted by Crippen LogP contribution is 2.29. The fourth-order valence-corrected chi connectivity index (χ4v) is 8.00. The molecule has 0 saturated carbocycles. The number of likely N-dealkylation sites (tertiary alicyclic amines) is 1. The predicted octanol–water partition coefficient (Wildman–Crippen LogP) is 8.69. The van der Waals surface area contributed by atoms with Crippen molar-refractivity contribution in [1.29, 1.82) is 0 Å². The molecule has 14 heteroatoms. The number of nitrogens with zero attached hydrogens (tertiary/aromatic N) is 3. The van der Waals surface area contributed by atoms with Crippen LogP contribution in [0.2, 0.25) is 10.0 Å². The van der Waals surface area contributed by atoms with Gasteiger partial charge in [-0.05, 0) is 114 Å². The van der Waals surface area contributed by atoms with Crippen molar-refractivity contribution in [2.75, 3.05) is 31.5 Å². The molecule has 1 aliphatic heterocycles. The molecule has 5 N–H and O–H groups in total. The van der Waals surface area contributed by atoms with Crippen molar-refractivity contribution in [1.82, 2.24) is 35.9 Å². The molecule has 324 valence electrons. The zero-order valence-corrected chi connectivity index (χ0v) is 36.8. The van der Waals surface area contributed by atoms with E-state index < -0.39 is 17.7 Å². The molecule has 2 atom stereocenters. The number of fused-ring (bicyclic) bond motifs is 1. The summed E-state index contributed by atoms with van der Waals surface area (Å²) in [5.74, 6) is -0.140. The van der Waals surface area contributed by atoms with E-state index in [-0.39, 0.29) is 24.5 Å².